The van der Waals surface area contributed by atoms with Crippen molar-refractivity contribution >= 4 is 34.2 Å². The van der Waals surface area contributed by atoms with Crippen molar-refractivity contribution in [2.45, 2.75) is 6.92 Å². The minimum Gasteiger partial charge on any atom is -0.496 e. The molecule has 0 fully saturated rings. The lowest BCUT2D eigenvalue weighted by molar-refractivity contribution is 0.411. The molecule has 0 spiro atoms. The Hall–Kier alpha value is 0.0400. The lowest BCUT2D eigenvalue weighted by Gasteiger charge is -2.06. The fraction of sp³-hybridized carbons (Fsp3) is 0.250. The van der Waals surface area contributed by atoms with Gasteiger partial charge in [-0.15, -0.1) is 0 Å². The minimum atomic E-state index is 0.719. The number of methoxy groups -OCH3 is 1. The van der Waals surface area contributed by atoms with E-state index in [9.17, 15) is 0 Å². The number of ether oxygens (including phenoxy) is 1. The Labute approximate surface area is 84.8 Å². The van der Waals surface area contributed by atoms with Gasteiger partial charge in [0.25, 0.3) is 0 Å². The molecule has 1 aromatic carbocycles. The Kier molecular flexibility index (Phi) is 3.01. The fourth-order valence-electron chi connectivity index (χ4n) is 0.834. The Balaban J connectivity index is 3.24. The molecule has 0 aromatic heterocycles. The lowest BCUT2D eigenvalue weighted by atomic mass is 10.2. The van der Waals surface area contributed by atoms with Gasteiger partial charge in [-0.25, -0.2) is 0 Å². The monoisotopic (exact) mass is 282 g/mol. The van der Waals surface area contributed by atoms with Gasteiger partial charge in [0.05, 0.1) is 7.11 Å². The van der Waals surface area contributed by atoms with Crippen LogP contribution in [-0.4, -0.2) is 7.11 Å². The van der Waals surface area contributed by atoms with Gasteiger partial charge in [0.2, 0.25) is 0 Å². The number of benzene rings is 1. The summed E-state index contributed by atoms with van der Waals surface area (Å²) in [6.07, 6.45) is 0. The molecule has 3 heteroatoms. The predicted octanol–water partition coefficient (Wildman–Crippen LogP) is 3.26. The smallest absolute Gasteiger partial charge is 0.124 e. The summed E-state index contributed by atoms with van der Waals surface area (Å²) in [4.78, 5) is 0. The van der Waals surface area contributed by atoms with Crippen molar-refractivity contribution in [2.75, 3.05) is 7.11 Å². The van der Waals surface area contributed by atoms with Crippen LogP contribution in [0.4, 0.5) is 0 Å². The van der Waals surface area contributed by atoms with E-state index < -0.39 is 0 Å². The third kappa shape index (κ3) is 1.99. The van der Waals surface area contributed by atoms with Crippen LogP contribution in [0.3, 0.4) is 0 Å². The van der Waals surface area contributed by atoms with Gasteiger partial charge in [0.1, 0.15) is 5.75 Å². The molecule has 0 saturated heterocycles. The van der Waals surface area contributed by atoms with Crippen LogP contribution in [0.25, 0.3) is 0 Å². The van der Waals surface area contributed by atoms with Crippen LogP contribution in [0.1, 0.15) is 5.56 Å². The first-order chi connectivity index (χ1) is 5.15. The van der Waals surface area contributed by atoms with Crippen molar-refractivity contribution in [1.82, 2.24) is 0 Å². The van der Waals surface area contributed by atoms with Crippen LogP contribution in [0.2, 0.25) is 5.02 Å². The first kappa shape index (κ1) is 9.13. The Morgan fingerprint density at radius 1 is 1.45 bits per heavy atom. The van der Waals surface area contributed by atoms with E-state index in [1.54, 1.807) is 7.11 Å². The Morgan fingerprint density at radius 3 is 2.64 bits per heavy atom. The summed E-state index contributed by atoms with van der Waals surface area (Å²) in [5.41, 5.74) is 1.14. The molecule has 1 rings (SSSR count). The van der Waals surface area contributed by atoms with E-state index in [4.69, 9.17) is 16.3 Å². The van der Waals surface area contributed by atoms with E-state index in [-0.39, 0.29) is 0 Å². The second-order valence-electron chi connectivity index (χ2n) is 2.21. The number of hydrogen-bond acceptors (Lipinski definition) is 1. The largest absolute Gasteiger partial charge is 0.496 e. The summed E-state index contributed by atoms with van der Waals surface area (Å²) in [5, 5.41) is 0.719. The third-order valence-corrected chi connectivity index (χ3v) is 2.82. The Bertz CT molecular complexity index is 273. The number of rotatable bonds is 1. The highest BCUT2D eigenvalue weighted by molar-refractivity contribution is 14.1. The minimum absolute atomic E-state index is 0.719. The topological polar surface area (TPSA) is 9.23 Å². The maximum atomic E-state index is 5.82. The van der Waals surface area contributed by atoms with Crippen LogP contribution < -0.4 is 4.74 Å². The van der Waals surface area contributed by atoms with Crippen molar-refractivity contribution < 1.29 is 4.74 Å². The van der Waals surface area contributed by atoms with E-state index in [0.29, 0.717) is 0 Å². The first-order valence-corrected chi connectivity index (χ1v) is 4.60. The van der Waals surface area contributed by atoms with E-state index >= 15 is 0 Å². The molecule has 0 aliphatic rings. The zero-order chi connectivity index (χ0) is 8.43. The second-order valence-corrected chi connectivity index (χ2v) is 3.81. The number of halogens is 2. The molecule has 0 aliphatic heterocycles. The van der Waals surface area contributed by atoms with Gasteiger partial charge in [-0.05, 0) is 41.6 Å². The summed E-state index contributed by atoms with van der Waals surface area (Å²) >= 11 is 8.05. The first-order valence-electron chi connectivity index (χ1n) is 3.15. The zero-order valence-corrected chi connectivity index (χ0v) is 9.23. The van der Waals surface area contributed by atoms with Gasteiger partial charge in [0, 0.05) is 14.2 Å². The highest BCUT2D eigenvalue weighted by Gasteiger charge is 2.03. The van der Waals surface area contributed by atoms with Crippen molar-refractivity contribution in [3.05, 3.63) is 26.3 Å². The molecule has 0 atom stereocenters. The standard InChI is InChI=1S/C8H8ClIO/c1-5-7(10)3-6(9)4-8(5)11-2/h3-4H,1-2H3. The summed E-state index contributed by atoms with van der Waals surface area (Å²) in [7, 11) is 1.65. The average Bonchev–Trinajstić information content (AvgIpc) is 1.96. The maximum absolute atomic E-state index is 5.82. The highest BCUT2D eigenvalue weighted by Crippen LogP contribution is 2.27. The quantitative estimate of drug-likeness (QED) is 0.718. The average molecular weight is 283 g/mol. The van der Waals surface area contributed by atoms with E-state index in [0.717, 1.165) is 19.9 Å². The molecule has 0 aliphatic carbocycles. The molecule has 0 N–H and O–H groups in total. The van der Waals surface area contributed by atoms with Gasteiger partial charge in [-0.1, -0.05) is 11.6 Å². The van der Waals surface area contributed by atoms with Gasteiger partial charge in [-0.3, -0.25) is 0 Å². The maximum Gasteiger partial charge on any atom is 0.124 e. The van der Waals surface area contributed by atoms with Crippen molar-refractivity contribution in [3.63, 3.8) is 0 Å². The summed E-state index contributed by atoms with van der Waals surface area (Å²) < 4.78 is 6.25. The van der Waals surface area contributed by atoms with Crippen LogP contribution in [0, 0.1) is 10.5 Å². The molecular weight excluding hydrogens is 274 g/mol. The van der Waals surface area contributed by atoms with Gasteiger partial charge >= 0.3 is 0 Å². The van der Waals surface area contributed by atoms with Crippen LogP contribution in [0.15, 0.2) is 12.1 Å². The summed E-state index contributed by atoms with van der Waals surface area (Å²) in [5.74, 6) is 0.849. The molecule has 0 radical (unpaired) electrons. The van der Waals surface area contributed by atoms with Crippen molar-refractivity contribution in [2.24, 2.45) is 0 Å². The van der Waals surface area contributed by atoms with E-state index in [1.807, 2.05) is 19.1 Å². The normalized spacial score (nSPS) is 9.82. The molecule has 0 amide bonds. The van der Waals surface area contributed by atoms with Gasteiger partial charge < -0.3 is 4.74 Å². The molecule has 0 heterocycles. The zero-order valence-electron chi connectivity index (χ0n) is 6.32. The van der Waals surface area contributed by atoms with Gasteiger partial charge in [-0.2, -0.15) is 0 Å². The lowest BCUT2D eigenvalue weighted by Crippen LogP contribution is -1.89. The van der Waals surface area contributed by atoms with Crippen molar-refractivity contribution in [1.29, 1.82) is 0 Å². The molecule has 1 nitrogen and oxygen atoms in total. The molecule has 60 valence electrons. The van der Waals surface area contributed by atoms with Crippen LogP contribution in [-0.2, 0) is 0 Å². The molecule has 11 heavy (non-hydrogen) atoms. The van der Waals surface area contributed by atoms with Crippen molar-refractivity contribution in [3.8, 4) is 5.75 Å². The number of hydrogen-bond donors (Lipinski definition) is 0. The second kappa shape index (κ2) is 3.63. The van der Waals surface area contributed by atoms with Gasteiger partial charge in [0.15, 0.2) is 0 Å². The molecule has 0 bridgehead atoms. The van der Waals surface area contributed by atoms with E-state index in [1.165, 1.54) is 0 Å². The summed E-state index contributed by atoms with van der Waals surface area (Å²) in [6, 6.07) is 3.74. The molecule has 0 saturated carbocycles. The SMILES string of the molecule is COc1cc(Cl)cc(I)c1C. The Morgan fingerprint density at radius 2 is 2.09 bits per heavy atom. The fourth-order valence-corrected chi connectivity index (χ4v) is 1.83. The molecule has 0 unspecified atom stereocenters. The predicted molar refractivity (Wildman–Crippen MR) is 55.5 cm³/mol. The molecular formula is C8H8ClIO. The van der Waals surface area contributed by atoms with Crippen LogP contribution in [0.5, 0.6) is 5.75 Å². The van der Waals surface area contributed by atoms with Crippen LogP contribution >= 0.6 is 34.2 Å². The van der Waals surface area contributed by atoms with E-state index in [2.05, 4.69) is 22.6 Å². The summed E-state index contributed by atoms with van der Waals surface area (Å²) in [6.45, 7) is 2.01. The third-order valence-electron chi connectivity index (χ3n) is 1.48. The highest BCUT2D eigenvalue weighted by atomic mass is 127. The molecule has 1 aromatic rings.